The summed E-state index contributed by atoms with van der Waals surface area (Å²) in [4.78, 5) is 11.9. The lowest BCUT2D eigenvalue weighted by Crippen LogP contribution is -2.18. The van der Waals surface area contributed by atoms with Crippen LogP contribution in [0.15, 0.2) is 77.9 Å². The van der Waals surface area contributed by atoms with Crippen LogP contribution in [0.4, 0.5) is 4.39 Å². The molecule has 6 heteroatoms. The molecule has 0 aromatic heterocycles. The molecule has 1 amide bonds. The van der Waals surface area contributed by atoms with Crippen molar-refractivity contribution in [2.24, 2.45) is 5.10 Å². The number of carbonyl (C=O) groups excluding carboxylic acids is 1. The minimum atomic E-state index is -0.620. The Morgan fingerprint density at radius 2 is 1.79 bits per heavy atom. The van der Waals surface area contributed by atoms with Crippen molar-refractivity contribution < 1.29 is 13.9 Å². The van der Waals surface area contributed by atoms with Gasteiger partial charge in [-0.25, -0.2) is 9.82 Å². The minimum Gasteiger partial charge on any atom is -0.489 e. The van der Waals surface area contributed by atoms with E-state index in [2.05, 4.69) is 16.6 Å². The molecule has 0 aliphatic carbocycles. The number of hydrogen-bond donors (Lipinski definition) is 1. The Kier molecular flexibility index (Phi) is 6.11. The first-order valence-electron chi connectivity index (χ1n) is 8.46. The van der Waals surface area contributed by atoms with Crippen LogP contribution in [0, 0.1) is 17.1 Å². The van der Waals surface area contributed by atoms with Gasteiger partial charge in [-0.3, -0.25) is 4.79 Å². The summed E-state index contributed by atoms with van der Waals surface area (Å²) in [5.74, 6) is -0.583. The second-order valence-corrected chi connectivity index (χ2v) is 5.81. The Hall–Kier alpha value is -3.98. The van der Waals surface area contributed by atoms with Gasteiger partial charge in [0.15, 0.2) is 0 Å². The van der Waals surface area contributed by atoms with Crippen molar-refractivity contribution in [2.45, 2.75) is 6.61 Å². The molecule has 0 aliphatic heterocycles. The van der Waals surface area contributed by atoms with Gasteiger partial charge in [0, 0.05) is 5.56 Å². The van der Waals surface area contributed by atoms with Gasteiger partial charge in [0.1, 0.15) is 18.2 Å². The van der Waals surface area contributed by atoms with E-state index in [1.54, 1.807) is 42.5 Å². The molecule has 0 heterocycles. The smallest absolute Gasteiger partial charge is 0.274 e. The van der Waals surface area contributed by atoms with Gasteiger partial charge >= 0.3 is 0 Å². The highest BCUT2D eigenvalue weighted by molar-refractivity contribution is 5.95. The molecule has 0 aliphatic rings. The van der Waals surface area contributed by atoms with Crippen LogP contribution in [-0.2, 0) is 6.61 Å². The second-order valence-electron chi connectivity index (χ2n) is 5.81. The lowest BCUT2D eigenvalue weighted by atomic mass is 10.1. The molecule has 3 aromatic rings. The van der Waals surface area contributed by atoms with Gasteiger partial charge in [-0.2, -0.15) is 10.4 Å². The number of nitriles is 1. The molecule has 3 rings (SSSR count). The number of amides is 1. The van der Waals surface area contributed by atoms with E-state index in [0.717, 1.165) is 11.1 Å². The molecule has 0 unspecified atom stereocenters. The Morgan fingerprint density at radius 1 is 1.07 bits per heavy atom. The van der Waals surface area contributed by atoms with E-state index in [0.29, 0.717) is 11.3 Å². The number of halogens is 1. The van der Waals surface area contributed by atoms with Crippen molar-refractivity contribution in [2.75, 3.05) is 0 Å². The maximum Gasteiger partial charge on any atom is 0.274 e. The third-order valence-corrected chi connectivity index (χ3v) is 3.91. The molecule has 0 atom stereocenters. The molecule has 0 saturated heterocycles. The fraction of sp³-hybridized carbons (Fsp3) is 0.0455. The Bertz CT molecular complexity index is 1040. The van der Waals surface area contributed by atoms with Crippen LogP contribution in [0.5, 0.6) is 5.75 Å². The van der Waals surface area contributed by atoms with E-state index in [9.17, 15) is 9.18 Å². The monoisotopic (exact) mass is 373 g/mol. The average molecular weight is 373 g/mol. The Balaban J connectivity index is 1.56. The molecule has 1 N–H and O–H groups in total. The first kappa shape index (κ1) is 18.8. The van der Waals surface area contributed by atoms with Crippen molar-refractivity contribution >= 4 is 12.1 Å². The molecule has 0 radical (unpaired) electrons. The van der Waals surface area contributed by atoms with E-state index >= 15 is 0 Å². The highest BCUT2D eigenvalue weighted by atomic mass is 19.1. The number of nitrogens with zero attached hydrogens (tertiary/aromatic N) is 2. The zero-order chi connectivity index (χ0) is 19.8. The summed E-state index contributed by atoms with van der Waals surface area (Å²) in [5.41, 5.74) is 4.35. The molecule has 0 saturated carbocycles. The standard InChI is InChI=1S/C22H16FN3O2/c23-21-8-4-3-7-20(21)22(27)26-25-14-16-9-11-19(12-10-16)28-15-18-6-2-1-5-17(18)13-24/h1-12,14H,15H2,(H,26,27)/b25-14-. The number of nitrogens with one attached hydrogen (secondary N) is 1. The third-order valence-electron chi connectivity index (χ3n) is 3.91. The van der Waals surface area contributed by atoms with Crippen molar-refractivity contribution in [1.82, 2.24) is 5.43 Å². The predicted molar refractivity (Wildman–Crippen MR) is 103 cm³/mol. The van der Waals surface area contributed by atoms with E-state index in [1.807, 2.05) is 12.1 Å². The minimum absolute atomic E-state index is 0.0685. The van der Waals surface area contributed by atoms with Crippen molar-refractivity contribution in [1.29, 1.82) is 5.26 Å². The molecule has 0 spiro atoms. The number of carbonyl (C=O) groups is 1. The molecular formula is C22H16FN3O2. The summed E-state index contributed by atoms with van der Waals surface area (Å²) in [5, 5.41) is 12.9. The van der Waals surface area contributed by atoms with Crippen LogP contribution in [0.3, 0.4) is 0 Å². The first-order chi connectivity index (χ1) is 13.7. The van der Waals surface area contributed by atoms with Crippen LogP contribution in [0.25, 0.3) is 0 Å². The van der Waals surface area contributed by atoms with E-state index < -0.39 is 11.7 Å². The summed E-state index contributed by atoms with van der Waals surface area (Å²) in [7, 11) is 0. The quantitative estimate of drug-likeness (QED) is 0.523. The summed E-state index contributed by atoms with van der Waals surface area (Å²) in [6, 6.07) is 22.1. The molecule has 138 valence electrons. The number of hydrogen-bond acceptors (Lipinski definition) is 4. The summed E-state index contributed by atoms with van der Waals surface area (Å²) < 4.78 is 19.2. The second kappa shape index (κ2) is 9.10. The van der Waals surface area contributed by atoms with Gasteiger partial charge in [-0.05, 0) is 48.0 Å². The lowest BCUT2D eigenvalue weighted by molar-refractivity contribution is 0.0951. The molecule has 0 fully saturated rings. The van der Waals surface area contributed by atoms with Gasteiger partial charge in [0.2, 0.25) is 0 Å². The van der Waals surface area contributed by atoms with E-state index in [4.69, 9.17) is 10.00 Å². The maximum absolute atomic E-state index is 13.5. The normalized spacial score (nSPS) is 10.4. The van der Waals surface area contributed by atoms with Gasteiger partial charge in [0.05, 0.1) is 23.4 Å². The Labute approximate surface area is 161 Å². The number of hydrazone groups is 1. The molecular weight excluding hydrogens is 357 g/mol. The lowest BCUT2D eigenvalue weighted by Gasteiger charge is -2.07. The zero-order valence-electron chi connectivity index (χ0n) is 14.8. The fourth-order valence-electron chi connectivity index (χ4n) is 2.44. The van der Waals surface area contributed by atoms with Crippen LogP contribution in [0.2, 0.25) is 0 Å². The number of rotatable bonds is 6. The summed E-state index contributed by atoms with van der Waals surface area (Å²) in [6.45, 7) is 0.288. The van der Waals surface area contributed by atoms with Crippen molar-refractivity contribution in [3.05, 3.63) is 101 Å². The van der Waals surface area contributed by atoms with E-state index in [-0.39, 0.29) is 12.2 Å². The van der Waals surface area contributed by atoms with Crippen LogP contribution < -0.4 is 10.2 Å². The van der Waals surface area contributed by atoms with Crippen molar-refractivity contribution in [3.8, 4) is 11.8 Å². The predicted octanol–water partition coefficient (Wildman–Crippen LogP) is 4.04. The van der Waals surface area contributed by atoms with E-state index in [1.165, 1.54) is 24.4 Å². The van der Waals surface area contributed by atoms with Gasteiger partial charge in [-0.1, -0.05) is 30.3 Å². The topological polar surface area (TPSA) is 74.5 Å². The highest BCUT2D eigenvalue weighted by Gasteiger charge is 2.09. The third kappa shape index (κ3) is 4.80. The average Bonchev–Trinajstić information content (AvgIpc) is 2.73. The largest absolute Gasteiger partial charge is 0.489 e. The number of benzene rings is 3. The number of ether oxygens (including phenoxy) is 1. The summed E-state index contributed by atoms with van der Waals surface area (Å²) >= 11 is 0. The maximum atomic E-state index is 13.5. The fourth-order valence-corrected chi connectivity index (χ4v) is 2.44. The molecule has 28 heavy (non-hydrogen) atoms. The van der Waals surface area contributed by atoms with Crippen LogP contribution in [-0.4, -0.2) is 12.1 Å². The molecule has 0 bridgehead atoms. The van der Waals surface area contributed by atoms with Crippen LogP contribution in [0.1, 0.15) is 27.0 Å². The first-order valence-corrected chi connectivity index (χ1v) is 8.46. The summed E-state index contributed by atoms with van der Waals surface area (Å²) in [6.07, 6.45) is 1.45. The zero-order valence-corrected chi connectivity index (χ0v) is 14.8. The van der Waals surface area contributed by atoms with Gasteiger partial charge in [0.25, 0.3) is 5.91 Å². The van der Waals surface area contributed by atoms with Crippen LogP contribution >= 0.6 is 0 Å². The molecule has 3 aromatic carbocycles. The van der Waals surface area contributed by atoms with Gasteiger partial charge < -0.3 is 4.74 Å². The SMILES string of the molecule is N#Cc1ccccc1COc1ccc(/C=N\NC(=O)c2ccccc2F)cc1. The van der Waals surface area contributed by atoms with Crippen molar-refractivity contribution in [3.63, 3.8) is 0 Å². The molecule has 5 nitrogen and oxygen atoms in total. The highest BCUT2D eigenvalue weighted by Crippen LogP contribution is 2.15. The van der Waals surface area contributed by atoms with Gasteiger partial charge in [-0.15, -0.1) is 0 Å². The Morgan fingerprint density at radius 3 is 2.54 bits per heavy atom.